The SMILES string of the molecule is COC(=O)CC1CC(NCC2CCCC2)CN(C2CC2)C1. The van der Waals surface area contributed by atoms with Crippen molar-refractivity contribution in [1.29, 1.82) is 0 Å². The Hall–Kier alpha value is -0.610. The Labute approximate surface area is 128 Å². The van der Waals surface area contributed by atoms with E-state index in [1.54, 1.807) is 0 Å². The summed E-state index contributed by atoms with van der Waals surface area (Å²) < 4.78 is 4.86. The largest absolute Gasteiger partial charge is 0.469 e. The molecule has 2 aliphatic carbocycles. The minimum Gasteiger partial charge on any atom is -0.469 e. The number of hydrogen-bond donors (Lipinski definition) is 1. The molecule has 1 heterocycles. The van der Waals surface area contributed by atoms with E-state index in [4.69, 9.17) is 4.74 Å². The molecular formula is C17H30N2O2. The second-order valence-electron chi connectivity index (χ2n) is 7.32. The molecule has 0 bridgehead atoms. The Bertz CT molecular complexity index is 351. The van der Waals surface area contributed by atoms with Gasteiger partial charge in [0.2, 0.25) is 0 Å². The number of carbonyl (C=O) groups excluding carboxylic acids is 1. The molecule has 2 atom stereocenters. The van der Waals surface area contributed by atoms with Crippen LogP contribution in [0.4, 0.5) is 0 Å². The molecule has 1 N–H and O–H groups in total. The van der Waals surface area contributed by atoms with Crippen LogP contribution in [0.15, 0.2) is 0 Å². The van der Waals surface area contributed by atoms with Gasteiger partial charge in [-0.25, -0.2) is 0 Å². The molecule has 4 heteroatoms. The number of likely N-dealkylation sites (tertiary alicyclic amines) is 1. The molecular weight excluding hydrogens is 264 g/mol. The molecule has 1 saturated heterocycles. The van der Waals surface area contributed by atoms with Crippen LogP contribution in [-0.2, 0) is 9.53 Å². The first-order valence-corrected chi connectivity index (χ1v) is 8.79. The topological polar surface area (TPSA) is 41.6 Å². The molecule has 0 radical (unpaired) electrons. The molecule has 3 rings (SSSR count). The van der Waals surface area contributed by atoms with E-state index in [0.717, 1.165) is 24.9 Å². The second kappa shape index (κ2) is 7.10. The van der Waals surface area contributed by atoms with Gasteiger partial charge in [-0.15, -0.1) is 0 Å². The number of esters is 1. The molecule has 3 fully saturated rings. The number of nitrogens with zero attached hydrogens (tertiary/aromatic N) is 1. The third kappa shape index (κ3) is 4.43. The number of methoxy groups -OCH3 is 1. The smallest absolute Gasteiger partial charge is 0.305 e. The van der Waals surface area contributed by atoms with E-state index in [1.807, 2.05) is 0 Å². The zero-order valence-corrected chi connectivity index (χ0v) is 13.4. The van der Waals surface area contributed by atoms with Gasteiger partial charge in [-0.1, -0.05) is 12.8 Å². The van der Waals surface area contributed by atoms with Gasteiger partial charge >= 0.3 is 5.97 Å². The standard InChI is InChI=1S/C17H30N2O2/c1-21-17(20)9-14-8-15(12-19(11-14)16-6-7-16)18-10-13-4-2-3-5-13/h13-16,18H,2-12H2,1H3. The first-order valence-electron chi connectivity index (χ1n) is 8.79. The summed E-state index contributed by atoms with van der Waals surface area (Å²) in [4.78, 5) is 14.2. The third-order valence-electron chi connectivity index (χ3n) is 5.48. The number of carbonyl (C=O) groups is 1. The van der Waals surface area contributed by atoms with Crippen LogP contribution >= 0.6 is 0 Å². The predicted molar refractivity (Wildman–Crippen MR) is 83.1 cm³/mol. The van der Waals surface area contributed by atoms with Gasteiger partial charge in [0.05, 0.1) is 7.11 Å². The van der Waals surface area contributed by atoms with Gasteiger partial charge in [-0.3, -0.25) is 9.69 Å². The van der Waals surface area contributed by atoms with E-state index in [-0.39, 0.29) is 5.97 Å². The summed E-state index contributed by atoms with van der Waals surface area (Å²) in [5, 5.41) is 3.80. The van der Waals surface area contributed by atoms with E-state index >= 15 is 0 Å². The van der Waals surface area contributed by atoms with Crippen LogP contribution in [0.5, 0.6) is 0 Å². The number of ether oxygens (including phenoxy) is 1. The second-order valence-corrected chi connectivity index (χ2v) is 7.32. The summed E-state index contributed by atoms with van der Waals surface area (Å²) in [6, 6.07) is 1.36. The van der Waals surface area contributed by atoms with Crippen LogP contribution in [0.2, 0.25) is 0 Å². The fraction of sp³-hybridized carbons (Fsp3) is 0.941. The first-order chi connectivity index (χ1) is 10.2. The lowest BCUT2D eigenvalue weighted by Gasteiger charge is -2.38. The predicted octanol–water partition coefficient (Wildman–Crippen LogP) is 2.18. The summed E-state index contributed by atoms with van der Waals surface area (Å²) in [6.45, 7) is 3.44. The third-order valence-corrected chi connectivity index (χ3v) is 5.48. The van der Waals surface area contributed by atoms with Crippen molar-refractivity contribution in [2.24, 2.45) is 11.8 Å². The number of piperidine rings is 1. The van der Waals surface area contributed by atoms with Gasteiger partial charge < -0.3 is 10.1 Å². The van der Waals surface area contributed by atoms with Crippen molar-refractivity contribution in [2.45, 2.75) is 63.5 Å². The quantitative estimate of drug-likeness (QED) is 0.763. The highest BCUT2D eigenvalue weighted by atomic mass is 16.5. The fourth-order valence-electron chi connectivity index (χ4n) is 4.14. The Balaban J connectivity index is 1.50. The number of nitrogens with one attached hydrogen (secondary N) is 1. The summed E-state index contributed by atoms with van der Waals surface area (Å²) >= 11 is 0. The highest BCUT2D eigenvalue weighted by molar-refractivity contribution is 5.69. The molecule has 1 aliphatic heterocycles. The summed E-state index contributed by atoms with van der Waals surface area (Å²) in [7, 11) is 1.50. The summed E-state index contributed by atoms with van der Waals surface area (Å²) in [5.74, 6) is 1.31. The maximum absolute atomic E-state index is 11.6. The minimum absolute atomic E-state index is 0.0489. The highest BCUT2D eigenvalue weighted by Gasteiger charge is 2.36. The zero-order valence-electron chi connectivity index (χ0n) is 13.4. The van der Waals surface area contributed by atoms with Crippen LogP contribution in [0.3, 0.4) is 0 Å². The normalized spacial score (nSPS) is 31.5. The van der Waals surface area contributed by atoms with E-state index in [0.29, 0.717) is 18.4 Å². The van der Waals surface area contributed by atoms with E-state index in [2.05, 4.69) is 10.2 Å². The number of rotatable bonds is 6. The highest BCUT2D eigenvalue weighted by Crippen LogP contribution is 2.32. The Morgan fingerprint density at radius 3 is 2.57 bits per heavy atom. The molecule has 0 aromatic carbocycles. The monoisotopic (exact) mass is 294 g/mol. The molecule has 120 valence electrons. The summed E-state index contributed by atoms with van der Waals surface area (Å²) in [5.41, 5.74) is 0. The maximum atomic E-state index is 11.6. The van der Waals surface area contributed by atoms with Gasteiger partial charge in [0, 0.05) is 31.6 Å². The molecule has 21 heavy (non-hydrogen) atoms. The maximum Gasteiger partial charge on any atom is 0.305 e. The van der Waals surface area contributed by atoms with Crippen molar-refractivity contribution in [3.8, 4) is 0 Å². The lowest BCUT2D eigenvalue weighted by atomic mass is 9.91. The van der Waals surface area contributed by atoms with Gasteiger partial charge in [-0.05, 0) is 50.5 Å². The van der Waals surface area contributed by atoms with Crippen molar-refractivity contribution in [3.63, 3.8) is 0 Å². The van der Waals surface area contributed by atoms with Crippen molar-refractivity contribution < 1.29 is 9.53 Å². The van der Waals surface area contributed by atoms with E-state index in [1.165, 1.54) is 58.7 Å². The van der Waals surface area contributed by atoms with Crippen LogP contribution in [0.1, 0.15) is 51.4 Å². The van der Waals surface area contributed by atoms with Gasteiger partial charge in [0.25, 0.3) is 0 Å². The Kier molecular flexibility index (Phi) is 5.17. The number of hydrogen-bond acceptors (Lipinski definition) is 4. The molecule has 4 nitrogen and oxygen atoms in total. The zero-order chi connectivity index (χ0) is 14.7. The van der Waals surface area contributed by atoms with Crippen LogP contribution in [0, 0.1) is 11.8 Å². The van der Waals surface area contributed by atoms with Crippen molar-refractivity contribution in [2.75, 3.05) is 26.7 Å². The van der Waals surface area contributed by atoms with Gasteiger partial charge in [0.1, 0.15) is 0 Å². The van der Waals surface area contributed by atoms with E-state index in [9.17, 15) is 4.79 Å². The molecule has 0 aromatic heterocycles. The summed E-state index contributed by atoms with van der Waals surface area (Å²) in [6.07, 6.45) is 10.0. The molecule has 0 amide bonds. The minimum atomic E-state index is -0.0489. The van der Waals surface area contributed by atoms with Crippen molar-refractivity contribution in [1.82, 2.24) is 10.2 Å². The molecule has 0 aromatic rings. The Morgan fingerprint density at radius 1 is 1.14 bits per heavy atom. The van der Waals surface area contributed by atoms with Crippen LogP contribution < -0.4 is 5.32 Å². The first kappa shape index (κ1) is 15.3. The molecule has 3 aliphatic rings. The van der Waals surface area contributed by atoms with E-state index < -0.39 is 0 Å². The Morgan fingerprint density at radius 2 is 1.90 bits per heavy atom. The average Bonchev–Trinajstić information content (AvgIpc) is 3.21. The van der Waals surface area contributed by atoms with Crippen LogP contribution in [0.25, 0.3) is 0 Å². The molecule has 2 saturated carbocycles. The lowest BCUT2D eigenvalue weighted by molar-refractivity contribution is -0.142. The van der Waals surface area contributed by atoms with Gasteiger partial charge in [-0.2, -0.15) is 0 Å². The van der Waals surface area contributed by atoms with Crippen molar-refractivity contribution >= 4 is 5.97 Å². The van der Waals surface area contributed by atoms with Crippen LogP contribution in [-0.4, -0.2) is 49.7 Å². The fourth-order valence-corrected chi connectivity index (χ4v) is 4.14. The molecule has 0 spiro atoms. The van der Waals surface area contributed by atoms with Crippen molar-refractivity contribution in [3.05, 3.63) is 0 Å². The van der Waals surface area contributed by atoms with Gasteiger partial charge in [0.15, 0.2) is 0 Å². The molecule has 2 unspecified atom stereocenters. The lowest BCUT2D eigenvalue weighted by Crippen LogP contribution is -2.51. The average molecular weight is 294 g/mol.